The Morgan fingerprint density at radius 3 is 2.62 bits per heavy atom. The number of aromatic nitrogens is 1. The Hall–Kier alpha value is -2.65. The van der Waals surface area contributed by atoms with Crippen LogP contribution in [0.25, 0.3) is 0 Å². The lowest BCUT2D eigenvalue weighted by atomic mass is 10.1. The van der Waals surface area contributed by atoms with Crippen molar-refractivity contribution in [2.45, 2.75) is 13.0 Å². The fourth-order valence-electron chi connectivity index (χ4n) is 1.81. The minimum absolute atomic E-state index is 0.0544. The Morgan fingerprint density at radius 2 is 2.05 bits per heavy atom. The van der Waals surface area contributed by atoms with Crippen molar-refractivity contribution in [1.29, 1.82) is 5.26 Å². The second-order valence-corrected chi connectivity index (χ2v) is 4.78. The summed E-state index contributed by atoms with van der Waals surface area (Å²) in [6, 6.07) is 11.5. The van der Waals surface area contributed by atoms with Gasteiger partial charge in [-0.3, -0.25) is 10.1 Å². The standard InChI is InChI=1S/C14H11ClN4O2/c1-9(11-4-2-10(8-16)3-5-11)17-14-7-12(19(20)21)6-13(15)18-14/h2-7,9H,1H3,(H,17,18). The van der Waals surface area contributed by atoms with Crippen LogP contribution in [-0.4, -0.2) is 9.91 Å². The molecule has 0 radical (unpaired) electrons. The third-order valence-corrected chi connectivity index (χ3v) is 3.09. The van der Waals surface area contributed by atoms with E-state index in [1.165, 1.54) is 12.1 Å². The summed E-state index contributed by atoms with van der Waals surface area (Å²) in [6.45, 7) is 1.88. The molecule has 2 rings (SSSR count). The molecule has 1 aromatic heterocycles. The number of hydrogen-bond donors (Lipinski definition) is 1. The van der Waals surface area contributed by atoms with E-state index in [4.69, 9.17) is 16.9 Å². The van der Waals surface area contributed by atoms with E-state index in [9.17, 15) is 10.1 Å². The summed E-state index contributed by atoms with van der Waals surface area (Å²) in [6.07, 6.45) is 0. The van der Waals surface area contributed by atoms with E-state index in [0.717, 1.165) is 5.56 Å². The molecule has 106 valence electrons. The zero-order valence-corrected chi connectivity index (χ0v) is 11.8. The number of hydrogen-bond acceptors (Lipinski definition) is 5. The first-order chi connectivity index (χ1) is 9.99. The minimum Gasteiger partial charge on any atom is -0.363 e. The Balaban J connectivity index is 2.20. The van der Waals surface area contributed by atoms with Crippen LogP contribution in [0.1, 0.15) is 24.1 Å². The Kier molecular flexibility index (Phi) is 4.36. The van der Waals surface area contributed by atoms with Crippen molar-refractivity contribution < 1.29 is 4.92 Å². The van der Waals surface area contributed by atoms with Crippen LogP contribution in [0.3, 0.4) is 0 Å². The van der Waals surface area contributed by atoms with E-state index in [1.54, 1.807) is 12.1 Å². The lowest BCUT2D eigenvalue weighted by Crippen LogP contribution is -2.08. The molecule has 0 aliphatic rings. The summed E-state index contributed by atoms with van der Waals surface area (Å²) in [5, 5.41) is 22.7. The number of nitrogens with one attached hydrogen (secondary N) is 1. The highest BCUT2D eigenvalue weighted by atomic mass is 35.5. The van der Waals surface area contributed by atoms with Gasteiger partial charge in [-0.15, -0.1) is 0 Å². The zero-order chi connectivity index (χ0) is 15.4. The molecule has 7 heteroatoms. The minimum atomic E-state index is -0.523. The number of nitriles is 1. The average Bonchev–Trinajstić information content (AvgIpc) is 2.46. The van der Waals surface area contributed by atoms with Gasteiger partial charge in [0, 0.05) is 6.04 Å². The molecule has 0 fully saturated rings. The highest BCUT2D eigenvalue weighted by molar-refractivity contribution is 6.29. The fourth-order valence-corrected chi connectivity index (χ4v) is 2.02. The first kappa shape index (κ1) is 14.8. The van der Waals surface area contributed by atoms with Crippen molar-refractivity contribution in [3.05, 3.63) is 62.8 Å². The van der Waals surface area contributed by atoms with Crippen LogP contribution in [0.5, 0.6) is 0 Å². The van der Waals surface area contributed by atoms with Crippen LogP contribution in [0, 0.1) is 21.4 Å². The predicted molar refractivity (Wildman–Crippen MR) is 79.1 cm³/mol. The number of halogens is 1. The molecule has 1 atom stereocenters. The molecule has 0 spiro atoms. The van der Waals surface area contributed by atoms with Crippen LogP contribution in [-0.2, 0) is 0 Å². The predicted octanol–water partition coefficient (Wildman–Crippen LogP) is 3.69. The van der Waals surface area contributed by atoms with Gasteiger partial charge in [0.25, 0.3) is 5.69 Å². The van der Waals surface area contributed by atoms with E-state index in [-0.39, 0.29) is 16.9 Å². The third-order valence-electron chi connectivity index (χ3n) is 2.89. The molecular formula is C14H11ClN4O2. The highest BCUT2D eigenvalue weighted by Gasteiger charge is 2.12. The van der Waals surface area contributed by atoms with Crippen molar-refractivity contribution in [3.63, 3.8) is 0 Å². The molecule has 0 bridgehead atoms. The van der Waals surface area contributed by atoms with Gasteiger partial charge in [-0.25, -0.2) is 4.98 Å². The normalized spacial score (nSPS) is 11.5. The van der Waals surface area contributed by atoms with Crippen LogP contribution in [0.4, 0.5) is 11.5 Å². The molecular weight excluding hydrogens is 292 g/mol. The van der Waals surface area contributed by atoms with Crippen LogP contribution >= 0.6 is 11.6 Å². The largest absolute Gasteiger partial charge is 0.363 e. The van der Waals surface area contributed by atoms with E-state index in [2.05, 4.69) is 10.3 Å². The first-order valence-corrected chi connectivity index (χ1v) is 6.46. The molecule has 6 nitrogen and oxygen atoms in total. The van der Waals surface area contributed by atoms with Gasteiger partial charge in [0.05, 0.1) is 28.7 Å². The van der Waals surface area contributed by atoms with Crippen molar-refractivity contribution in [2.75, 3.05) is 5.32 Å². The summed E-state index contributed by atoms with van der Waals surface area (Å²) in [5.41, 5.74) is 1.38. The molecule has 1 N–H and O–H groups in total. The van der Waals surface area contributed by atoms with Gasteiger partial charge in [0.1, 0.15) is 11.0 Å². The third kappa shape index (κ3) is 3.68. The van der Waals surface area contributed by atoms with E-state index in [1.807, 2.05) is 25.1 Å². The molecule has 21 heavy (non-hydrogen) atoms. The lowest BCUT2D eigenvalue weighted by Gasteiger charge is -2.15. The summed E-state index contributed by atoms with van der Waals surface area (Å²) < 4.78 is 0. The highest BCUT2D eigenvalue weighted by Crippen LogP contribution is 2.24. The fraction of sp³-hybridized carbons (Fsp3) is 0.143. The summed E-state index contributed by atoms with van der Waals surface area (Å²) in [4.78, 5) is 14.3. The zero-order valence-electron chi connectivity index (χ0n) is 11.1. The second kappa shape index (κ2) is 6.20. The molecule has 1 unspecified atom stereocenters. The molecule has 0 aliphatic carbocycles. The van der Waals surface area contributed by atoms with E-state index in [0.29, 0.717) is 11.4 Å². The van der Waals surface area contributed by atoms with Crippen LogP contribution in [0.2, 0.25) is 5.15 Å². The molecule has 0 saturated carbocycles. The molecule has 0 aliphatic heterocycles. The molecule has 0 amide bonds. The monoisotopic (exact) mass is 302 g/mol. The van der Waals surface area contributed by atoms with E-state index >= 15 is 0 Å². The number of benzene rings is 1. The lowest BCUT2D eigenvalue weighted by molar-refractivity contribution is -0.384. The summed E-state index contributed by atoms with van der Waals surface area (Å²) in [7, 11) is 0. The van der Waals surface area contributed by atoms with Crippen molar-refractivity contribution in [2.24, 2.45) is 0 Å². The summed E-state index contributed by atoms with van der Waals surface area (Å²) in [5.74, 6) is 0.325. The smallest absolute Gasteiger partial charge is 0.276 e. The van der Waals surface area contributed by atoms with E-state index < -0.39 is 4.92 Å². The molecule has 1 heterocycles. The van der Waals surface area contributed by atoms with Crippen molar-refractivity contribution >= 4 is 23.1 Å². The number of pyridine rings is 1. The maximum atomic E-state index is 10.8. The summed E-state index contributed by atoms with van der Waals surface area (Å²) >= 11 is 5.77. The number of anilines is 1. The van der Waals surface area contributed by atoms with Gasteiger partial charge < -0.3 is 5.32 Å². The van der Waals surface area contributed by atoms with Crippen molar-refractivity contribution in [3.8, 4) is 6.07 Å². The number of nitrogens with zero attached hydrogens (tertiary/aromatic N) is 3. The Bertz CT molecular complexity index is 710. The van der Waals surface area contributed by atoms with Crippen LogP contribution in [0.15, 0.2) is 36.4 Å². The Labute approximate surface area is 126 Å². The molecule has 0 saturated heterocycles. The number of rotatable bonds is 4. The second-order valence-electron chi connectivity index (χ2n) is 4.39. The van der Waals surface area contributed by atoms with Gasteiger partial charge in [-0.05, 0) is 24.6 Å². The SMILES string of the molecule is CC(Nc1cc([N+](=O)[O-])cc(Cl)n1)c1ccc(C#N)cc1. The first-order valence-electron chi connectivity index (χ1n) is 6.08. The van der Waals surface area contributed by atoms with Gasteiger partial charge in [0.2, 0.25) is 0 Å². The maximum Gasteiger partial charge on any atom is 0.276 e. The van der Waals surface area contributed by atoms with Gasteiger partial charge in [0.15, 0.2) is 0 Å². The van der Waals surface area contributed by atoms with Gasteiger partial charge in [-0.1, -0.05) is 23.7 Å². The molecule has 1 aromatic carbocycles. The van der Waals surface area contributed by atoms with Crippen LogP contribution < -0.4 is 5.32 Å². The van der Waals surface area contributed by atoms with Gasteiger partial charge >= 0.3 is 0 Å². The van der Waals surface area contributed by atoms with Gasteiger partial charge in [-0.2, -0.15) is 5.26 Å². The van der Waals surface area contributed by atoms with Crippen molar-refractivity contribution in [1.82, 2.24) is 4.98 Å². The quantitative estimate of drug-likeness (QED) is 0.528. The maximum absolute atomic E-state index is 10.8. The molecule has 2 aromatic rings. The topological polar surface area (TPSA) is 91.8 Å². The average molecular weight is 303 g/mol. The number of nitro groups is 1. The Morgan fingerprint density at radius 1 is 1.38 bits per heavy atom.